The minimum atomic E-state index is -3.81. The van der Waals surface area contributed by atoms with E-state index >= 15 is 0 Å². The van der Waals surface area contributed by atoms with Crippen molar-refractivity contribution < 1.29 is 17.9 Å². The van der Waals surface area contributed by atoms with Gasteiger partial charge in [0.2, 0.25) is 10.0 Å². The van der Waals surface area contributed by atoms with Gasteiger partial charge in [-0.1, -0.05) is 55.0 Å². The van der Waals surface area contributed by atoms with Crippen molar-refractivity contribution in [2.45, 2.75) is 37.1 Å². The van der Waals surface area contributed by atoms with Crippen LogP contribution in [0, 0.1) is 0 Å². The second-order valence-corrected chi connectivity index (χ2v) is 10.1. The van der Waals surface area contributed by atoms with Gasteiger partial charge in [-0.25, -0.2) is 8.42 Å². The molecule has 0 radical (unpaired) electrons. The van der Waals surface area contributed by atoms with Gasteiger partial charge in [0, 0.05) is 29.4 Å². The van der Waals surface area contributed by atoms with E-state index in [1.165, 1.54) is 17.5 Å². The van der Waals surface area contributed by atoms with Crippen LogP contribution in [0.5, 0.6) is 5.75 Å². The van der Waals surface area contributed by atoms with Crippen molar-refractivity contribution in [1.82, 2.24) is 4.31 Å². The van der Waals surface area contributed by atoms with Gasteiger partial charge in [-0.05, 0) is 49.6 Å². The highest BCUT2D eigenvalue weighted by Gasteiger charge is 2.33. The van der Waals surface area contributed by atoms with Crippen molar-refractivity contribution in [2.24, 2.45) is 0 Å². The summed E-state index contributed by atoms with van der Waals surface area (Å²) in [7, 11) is -2.37. The summed E-state index contributed by atoms with van der Waals surface area (Å²) in [6.07, 6.45) is 2.65. The molecule has 1 fully saturated rings. The third-order valence-corrected chi connectivity index (χ3v) is 8.05. The number of nitrogens with one attached hydrogen (secondary N) is 1. The molecular weight excluding hydrogens is 436 g/mol. The summed E-state index contributed by atoms with van der Waals surface area (Å²) < 4.78 is 33.8. The summed E-state index contributed by atoms with van der Waals surface area (Å²) in [6.45, 7) is 2.38. The lowest BCUT2D eigenvalue weighted by molar-refractivity contribution is 0.102. The Balaban J connectivity index is 1.67. The molecule has 1 aliphatic rings. The normalized spacial score (nSPS) is 16.8. The molecule has 7 heteroatoms. The number of hydrogen-bond acceptors (Lipinski definition) is 4. The number of methoxy groups -OCH3 is 1. The maximum absolute atomic E-state index is 13.5. The lowest BCUT2D eigenvalue weighted by Gasteiger charge is -2.32. The molecule has 0 spiro atoms. The van der Waals surface area contributed by atoms with Crippen LogP contribution in [0.2, 0.25) is 0 Å². The SMILES string of the molecule is COc1ccc(C(=O)Nc2ccccc2-c2ccccc2)cc1S(=O)(=O)N1CCCCC1C. The third-order valence-electron chi connectivity index (χ3n) is 6.01. The fourth-order valence-electron chi connectivity index (χ4n) is 4.23. The maximum atomic E-state index is 13.5. The summed E-state index contributed by atoms with van der Waals surface area (Å²) >= 11 is 0. The highest BCUT2D eigenvalue weighted by molar-refractivity contribution is 7.89. The molecule has 0 saturated carbocycles. The average molecular weight is 465 g/mol. The van der Waals surface area contributed by atoms with E-state index in [2.05, 4.69) is 5.32 Å². The fourth-order valence-corrected chi connectivity index (χ4v) is 6.11. The van der Waals surface area contributed by atoms with Gasteiger partial charge in [0.05, 0.1) is 7.11 Å². The largest absolute Gasteiger partial charge is 0.495 e. The summed E-state index contributed by atoms with van der Waals surface area (Å²) in [5.41, 5.74) is 2.76. The first-order valence-electron chi connectivity index (χ1n) is 11.1. The van der Waals surface area contributed by atoms with Gasteiger partial charge >= 0.3 is 0 Å². The number of amides is 1. The molecule has 1 heterocycles. The van der Waals surface area contributed by atoms with E-state index in [-0.39, 0.29) is 28.2 Å². The number of nitrogens with zero attached hydrogens (tertiary/aromatic N) is 1. The number of ether oxygens (including phenoxy) is 1. The van der Waals surface area contributed by atoms with Gasteiger partial charge in [0.15, 0.2) is 0 Å². The molecule has 1 amide bonds. The molecule has 6 nitrogen and oxygen atoms in total. The van der Waals surface area contributed by atoms with Crippen molar-refractivity contribution >= 4 is 21.6 Å². The van der Waals surface area contributed by atoms with Crippen LogP contribution in [0.15, 0.2) is 77.7 Å². The zero-order chi connectivity index (χ0) is 23.4. The lowest BCUT2D eigenvalue weighted by Crippen LogP contribution is -2.42. The summed E-state index contributed by atoms with van der Waals surface area (Å²) in [6, 6.07) is 21.7. The van der Waals surface area contributed by atoms with Crippen molar-refractivity contribution in [3.63, 3.8) is 0 Å². The molecule has 1 atom stereocenters. The Morgan fingerprint density at radius 3 is 2.45 bits per heavy atom. The standard InChI is InChI=1S/C26H28N2O4S/c1-19-10-8-9-17-28(19)33(30,31)25-18-21(15-16-24(25)32-2)26(29)27-23-14-7-6-13-22(23)20-11-4-3-5-12-20/h3-7,11-16,18-19H,8-10,17H2,1-2H3,(H,27,29). The molecule has 0 bridgehead atoms. The number of sulfonamides is 1. The van der Waals surface area contributed by atoms with E-state index in [0.717, 1.165) is 30.4 Å². The second-order valence-electron chi connectivity index (χ2n) is 8.19. The van der Waals surface area contributed by atoms with Crippen LogP contribution in [0.25, 0.3) is 11.1 Å². The predicted molar refractivity (Wildman–Crippen MR) is 130 cm³/mol. The number of para-hydroxylation sites is 1. The van der Waals surface area contributed by atoms with E-state index in [9.17, 15) is 13.2 Å². The Labute approximate surface area is 195 Å². The minimum absolute atomic E-state index is 0.0164. The van der Waals surface area contributed by atoms with Gasteiger partial charge in [-0.15, -0.1) is 0 Å². The van der Waals surface area contributed by atoms with Crippen LogP contribution in [0.4, 0.5) is 5.69 Å². The first-order chi connectivity index (χ1) is 15.9. The monoisotopic (exact) mass is 464 g/mol. The Hall–Kier alpha value is -3.16. The maximum Gasteiger partial charge on any atom is 0.255 e. The highest BCUT2D eigenvalue weighted by Crippen LogP contribution is 2.33. The lowest BCUT2D eigenvalue weighted by atomic mass is 10.0. The molecule has 1 saturated heterocycles. The van der Waals surface area contributed by atoms with E-state index < -0.39 is 10.0 Å². The topological polar surface area (TPSA) is 75.7 Å². The van der Waals surface area contributed by atoms with Gasteiger partial charge in [-0.3, -0.25) is 4.79 Å². The number of carbonyl (C=O) groups is 1. The Kier molecular flexibility index (Phi) is 6.81. The number of carbonyl (C=O) groups excluding carboxylic acids is 1. The van der Waals surface area contributed by atoms with Crippen LogP contribution < -0.4 is 10.1 Å². The molecule has 1 N–H and O–H groups in total. The molecule has 172 valence electrons. The van der Waals surface area contributed by atoms with Crippen molar-refractivity contribution in [1.29, 1.82) is 0 Å². The number of rotatable bonds is 6. The Bertz CT molecular complexity index is 1240. The Morgan fingerprint density at radius 2 is 1.73 bits per heavy atom. The van der Waals surface area contributed by atoms with Crippen LogP contribution >= 0.6 is 0 Å². The zero-order valence-corrected chi connectivity index (χ0v) is 19.6. The summed E-state index contributed by atoms with van der Waals surface area (Å²) in [4.78, 5) is 13.2. The molecule has 1 aliphatic heterocycles. The van der Waals surface area contributed by atoms with Crippen LogP contribution in [0.1, 0.15) is 36.5 Å². The van der Waals surface area contributed by atoms with Crippen LogP contribution in [-0.4, -0.2) is 38.3 Å². The first-order valence-corrected chi connectivity index (χ1v) is 12.5. The molecular formula is C26H28N2O4S. The number of hydrogen-bond donors (Lipinski definition) is 1. The molecule has 33 heavy (non-hydrogen) atoms. The fraction of sp³-hybridized carbons (Fsp3) is 0.269. The molecule has 1 unspecified atom stereocenters. The average Bonchev–Trinajstić information content (AvgIpc) is 2.84. The van der Waals surface area contributed by atoms with Crippen molar-refractivity contribution in [3.8, 4) is 16.9 Å². The van der Waals surface area contributed by atoms with E-state index in [4.69, 9.17) is 4.74 Å². The van der Waals surface area contributed by atoms with Crippen LogP contribution in [0.3, 0.4) is 0 Å². The van der Waals surface area contributed by atoms with E-state index in [1.54, 1.807) is 12.1 Å². The molecule has 3 aromatic carbocycles. The van der Waals surface area contributed by atoms with Gasteiger partial charge in [-0.2, -0.15) is 4.31 Å². The van der Waals surface area contributed by atoms with E-state index in [1.807, 2.05) is 61.5 Å². The highest BCUT2D eigenvalue weighted by atomic mass is 32.2. The van der Waals surface area contributed by atoms with E-state index in [0.29, 0.717) is 12.2 Å². The number of benzene rings is 3. The van der Waals surface area contributed by atoms with Crippen LogP contribution in [-0.2, 0) is 10.0 Å². The number of anilines is 1. The van der Waals surface area contributed by atoms with Gasteiger partial charge in [0.25, 0.3) is 5.91 Å². The van der Waals surface area contributed by atoms with Gasteiger partial charge < -0.3 is 10.1 Å². The quantitative estimate of drug-likeness (QED) is 0.546. The molecule has 4 rings (SSSR count). The van der Waals surface area contributed by atoms with Crippen molar-refractivity contribution in [2.75, 3.05) is 19.0 Å². The zero-order valence-electron chi connectivity index (χ0n) is 18.8. The molecule has 0 aliphatic carbocycles. The number of piperidine rings is 1. The smallest absolute Gasteiger partial charge is 0.255 e. The predicted octanol–water partition coefficient (Wildman–Crippen LogP) is 5.18. The van der Waals surface area contributed by atoms with Crippen molar-refractivity contribution in [3.05, 3.63) is 78.4 Å². The minimum Gasteiger partial charge on any atom is -0.495 e. The Morgan fingerprint density at radius 1 is 1.00 bits per heavy atom. The molecule has 3 aromatic rings. The third kappa shape index (κ3) is 4.79. The summed E-state index contributed by atoms with van der Waals surface area (Å²) in [5, 5.41) is 2.94. The molecule has 0 aromatic heterocycles. The summed E-state index contributed by atoms with van der Waals surface area (Å²) in [5.74, 6) is -0.154. The van der Waals surface area contributed by atoms with Gasteiger partial charge in [0.1, 0.15) is 10.6 Å². The first kappa shape index (κ1) is 23.0. The second kappa shape index (κ2) is 9.77.